The Hall–Kier alpha value is -2.90. The summed E-state index contributed by atoms with van der Waals surface area (Å²) in [6, 6.07) is 17.8. The summed E-state index contributed by atoms with van der Waals surface area (Å²) < 4.78 is 0. The van der Waals surface area contributed by atoms with Crippen LogP contribution in [-0.4, -0.2) is 21.6 Å². The van der Waals surface area contributed by atoms with Gasteiger partial charge in [0.1, 0.15) is 10.7 Å². The number of aromatic amines is 1. The van der Waals surface area contributed by atoms with Gasteiger partial charge in [-0.1, -0.05) is 55.8 Å². The summed E-state index contributed by atoms with van der Waals surface area (Å²) in [7, 11) is 0. The van der Waals surface area contributed by atoms with E-state index in [-0.39, 0.29) is 17.2 Å². The zero-order valence-corrected chi connectivity index (χ0v) is 18.8. The second kappa shape index (κ2) is 9.94. The molecule has 4 aromatic rings. The van der Waals surface area contributed by atoms with Crippen LogP contribution in [0.15, 0.2) is 64.8 Å². The fourth-order valence-corrected chi connectivity index (χ4v) is 5.03. The van der Waals surface area contributed by atoms with E-state index in [4.69, 9.17) is 0 Å². The first-order chi connectivity index (χ1) is 15.1. The molecule has 2 aromatic carbocycles. The first-order valence-corrected chi connectivity index (χ1v) is 12.2. The molecule has 0 aliphatic rings. The average molecular weight is 450 g/mol. The SMILES string of the molecule is CCCc1ccc(NC(=O)CSCc2nc3scc(-c4ccccc4)c3c(=O)[nH]2)cc1. The van der Waals surface area contributed by atoms with Crippen molar-refractivity contribution in [3.05, 3.63) is 81.7 Å². The maximum atomic E-state index is 12.7. The molecule has 0 spiro atoms. The average Bonchev–Trinajstić information content (AvgIpc) is 3.21. The maximum absolute atomic E-state index is 12.7. The van der Waals surface area contributed by atoms with Crippen molar-refractivity contribution in [3.63, 3.8) is 0 Å². The molecule has 31 heavy (non-hydrogen) atoms. The summed E-state index contributed by atoms with van der Waals surface area (Å²) in [6.07, 6.45) is 2.14. The van der Waals surface area contributed by atoms with Crippen LogP contribution in [0.4, 0.5) is 5.69 Å². The van der Waals surface area contributed by atoms with Gasteiger partial charge in [-0.3, -0.25) is 9.59 Å². The van der Waals surface area contributed by atoms with Gasteiger partial charge in [-0.25, -0.2) is 4.98 Å². The van der Waals surface area contributed by atoms with Gasteiger partial charge in [0.25, 0.3) is 5.56 Å². The molecular weight excluding hydrogens is 426 g/mol. The Morgan fingerprint density at radius 2 is 1.90 bits per heavy atom. The van der Waals surface area contributed by atoms with Gasteiger partial charge in [-0.2, -0.15) is 0 Å². The number of nitrogens with one attached hydrogen (secondary N) is 2. The standard InChI is InChI=1S/C24H23N3O2S2/c1-2-6-16-9-11-18(12-10-16)25-21(28)15-30-14-20-26-23(29)22-19(13-31-24(22)27-20)17-7-4-3-5-8-17/h3-5,7-13H,2,6,14-15H2,1H3,(H,25,28)(H,26,27,29). The van der Waals surface area contributed by atoms with E-state index in [9.17, 15) is 9.59 Å². The second-order valence-electron chi connectivity index (χ2n) is 7.20. The highest BCUT2D eigenvalue weighted by Crippen LogP contribution is 2.30. The molecule has 158 valence electrons. The zero-order valence-electron chi connectivity index (χ0n) is 17.2. The number of H-pyrrole nitrogens is 1. The molecule has 0 aliphatic carbocycles. The fourth-order valence-electron chi connectivity index (χ4n) is 3.37. The second-order valence-corrected chi connectivity index (χ2v) is 9.04. The van der Waals surface area contributed by atoms with Crippen LogP contribution >= 0.6 is 23.1 Å². The zero-order chi connectivity index (χ0) is 21.6. The number of amides is 1. The number of hydrogen-bond donors (Lipinski definition) is 2. The van der Waals surface area contributed by atoms with Crippen LogP contribution < -0.4 is 10.9 Å². The third-order valence-electron chi connectivity index (χ3n) is 4.83. The lowest BCUT2D eigenvalue weighted by molar-refractivity contribution is -0.113. The van der Waals surface area contributed by atoms with Crippen molar-refractivity contribution < 1.29 is 4.79 Å². The van der Waals surface area contributed by atoms with E-state index in [2.05, 4.69) is 22.2 Å². The smallest absolute Gasteiger partial charge is 0.260 e. The largest absolute Gasteiger partial charge is 0.325 e. The summed E-state index contributed by atoms with van der Waals surface area (Å²) in [5, 5.41) is 5.50. The maximum Gasteiger partial charge on any atom is 0.260 e. The van der Waals surface area contributed by atoms with E-state index in [1.807, 2.05) is 60.0 Å². The lowest BCUT2D eigenvalue weighted by atomic mass is 10.1. The molecule has 4 rings (SSSR count). The summed E-state index contributed by atoms with van der Waals surface area (Å²) in [4.78, 5) is 33.1. The molecule has 0 aliphatic heterocycles. The number of aromatic nitrogens is 2. The normalized spacial score (nSPS) is 11.0. The van der Waals surface area contributed by atoms with Gasteiger partial charge in [0.05, 0.1) is 16.9 Å². The van der Waals surface area contributed by atoms with Gasteiger partial charge in [0, 0.05) is 16.6 Å². The Bertz CT molecular complexity index is 1230. The van der Waals surface area contributed by atoms with Crippen molar-refractivity contribution >= 4 is 44.9 Å². The Morgan fingerprint density at radius 3 is 2.65 bits per heavy atom. The highest BCUT2D eigenvalue weighted by atomic mass is 32.2. The summed E-state index contributed by atoms with van der Waals surface area (Å²) in [5.74, 6) is 1.27. The number of rotatable bonds is 8. The summed E-state index contributed by atoms with van der Waals surface area (Å²) in [5.41, 5.74) is 3.83. The van der Waals surface area contributed by atoms with Gasteiger partial charge in [0.15, 0.2) is 0 Å². The van der Waals surface area contributed by atoms with Crippen molar-refractivity contribution in [3.8, 4) is 11.1 Å². The predicted molar refractivity (Wildman–Crippen MR) is 131 cm³/mol. The number of carbonyl (C=O) groups excluding carboxylic acids is 1. The van der Waals surface area contributed by atoms with Crippen molar-refractivity contribution in [1.82, 2.24) is 9.97 Å². The number of aryl methyl sites for hydroxylation is 1. The van der Waals surface area contributed by atoms with Gasteiger partial charge >= 0.3 is 0 Å². The predicted octanol–water partition coefficient (Wildman–Crippen LogP) is 5.48. The van der Waals surface area contributed by atoms with Crippen molar-refractivity contribution in [2.45, 2.75) is 25.5 Å². The minimum absolute atomic E-state index is 0.0702. The molecule has 1 amide bonds. The Morgan fingerprint density at radius 1 is 1.13 bits per heavy atom. The Balaban J connectivity index is 1.37. The molecule has 0 saturated heterocycles. The van der Waals surface area contributed by atoms with Crippen LogP contribution in [0.2, 0.25) is 0 Å². The molecule has 2 aromatic heterocycles. The number of hydrogen-bond acceptors (Lipinski definition) is 5. The molecule has 0 bridgehead atoms. The van der Waals surface area contributed by atoms with E-state index < -0.39 is 0 Å². The third kappa shape index (κ3) is 5.24. The molecule has 0 radical (unpaired) electrons. The number of benzene rings is 2. The van der Waals surface area contributed by atoms with E-state index in [1.54, 1.807) is 0 Å². The quantitative estimate of drug-likeness (QED) is 0.374. The lowest BCUT2D eigenvalue weighted by Gasteiger charge is -2.06. The minimum Gasteiger partial charge on any atom is -0.325 e. The molecule has 7 heteroatoms. The molecule has 5 nitrogen and oxygen atoms in total. The fraction of sp³-hybridized carbons (Fsp3) is 0.208. The number of fused-ring (bicyclic) bond motifs is 1. The number of thioether (sulfide) groups is 1. The third-order valence-corrected chi connectivity index (χ3v) is 6.64. The monoisotopic (exact) mass is 449 g/mol. The van der Waals surface area contributed by atoms with Crippen molar-refractivity contribution in [1.29, 1.82) is 0 Å². The first kappa shape index (κ1) is 21.3. The summed E-state index contributed by atoms with van der Waals surface area (Å²) in [6.45, 7) is 2.15. The van der Waals surface area contributed by atoms with Crippen LogP contribution in [-0.2, 0) is 17.0 Å². The van der Waals surface area contributed by atoms with E-state index in [0.29, 0.717) is 17.0 Å². The van der Waals surface area contributed by atoms with Crippen LogP contribution in [0.25, 0.3) is 21.3 Å². The van der Waals surface area contributed by atoms with Crippen molar-refractivity contribution in [2.75, 3.05) is 11.1 Å². The van der Waals surface area contributed by atoms with Crippen LogP contribution in [0.3, 0.4) is 0 Å². The molecule has 2 heterocycles. The molecule has 0 atom stereocenters. The first-order valence-electron chi connectivity index (χ1n) is 10.2. The Labute approximate surface area is 188 Å². The Kier molecular flexibility index (Phi) is 6.84. The highest BCUT2D eigenvalue weighted by Gasteiger charge is 2.13. The number of carbonyl (C=O) groups is 1. The number of anilines is 1. The van der Waals surface area contributed by atoms with Crippen molar-refractivity contribution in [2.24, 2.45) is 0 Å². The minimum atomic E-state index is -0.141. The molecular formula is C24H23N3O2S2. The molecule has 2 N–H and O–H groups in total. The van der Waals surface area contributed by atoms with Crippen LogP contribution in [0, 0.1) is 0 Å². The van der Waals surface area contributed by atoms with Gasteiger partial charge < -0.3 is 10.3 Å². The molecule has 0 fully saturated rings. The number of thiophene rings is 1. The van der Waals surface area contributed by atoms with Gasteiger partial charge in [-0.15, -0.1) is 23.1 Å². The molecule has 0 unspecified atom stereocenters. The van der Waals surface area contributed by atoms with Crippen LogP contribution in [0.1, 0.15) is 24.7 Å². The van der Waals surface area contributed by atoms with E-state index in [1.165, 1.54) is 28.7 Å². The lowest BCUT2D eigenvalue weighted by Crippen LogP contribution is -2.15. The highest BCUT2D eigenvalue weighted by molar-refractivity contribution is 7.99. The summed E-state index contributed by atoms with van der Waals surface area (Å²) >= 11 is 2.89. The van der Waals surface area contributed by atoms with Gasteiger partial charge in [-0.05, 0) is 29.7 Å². The molecule has 0 saturated carbocycles. The van der Waals surface area contributed by atoms with E-state index >= 15 is 0 Å². The van der Waals surface area contributed by atoms with Gasteiger partial charge in [0.2, 0.25) is 5.91 Å². The number of nitrogens with zero attached hydrogens (tertiary/aromatic N) is 1. The van der Waals surface area contributed by atoms with E-state index in [0.717, 1.165) is 34.5 Å². The topological polar surface area (TPSA) is 74.8 Å². The van der Waals surface area contributed by atoms with Crippen LogP contribution in [0.5, 0.6) is 0 Å².